The Labute approximate surface area is 127 Å². The molecule has 1 unspecified atom stereocenters. The lowest BCUT2D eigenvalue weighted by molar-refractivity contribution is -0.388. The second kappa shape index (κ2) is 6.67. The normalized spacial score (nSPS) is 13.4. The Morgan fingerprint density at radius 1 is 1.35 bits per heavy atom. The molecule has 20 heavy (non-hydrogen) atoms. The molecule has 0 saturated heterocycles. The van der Waals surface area contributed by atoms with Gasteiger partial charge in [0.05, 0.1) is 4.92 Å². The number of alkyl halides is 1. The van der Waals surface area contributed by atoms with Gasteiger partial charge in [0.25, 0.3) is 5.69 Å². The Bertz CT molecular complexity index is 598. The Kier molecular flexibility index (Phi) is 5.70. The summed E-state index contributed by atoms with van der Waals surface area (Å²) in [5.41, 5.74) is 0.142. The molecule has 0 radical (unpaired) electrons. The summed E-state index contributed by atoms with van der Waals surface area (Å²) in [6, 6.07) is 4.44. The molecule has 0 aliphatic carbocycles. The Hall–Kier alpha value is -0.950. The van der Waals surface area contributed by atoms with Crippen molar-refractivity contribution in [1.29, 1.82) is 0 Å². The van der Waals surface area contributed by atoms with Crippen molar-refractivity contribution in [3.8, 4) is 0 Å². The number of rotatable bonds is 6. The highest BCUT2D eigenvalue weighted by molar-refractivity contribution is 9.09. The molecule has 0 fully saturated rings. The molecule has 112 valence electrons. The third-order valence-corrected chi connectivity index (χ3v) is 4.66. The number of benzene rings is 1. The van der Waals surface area contributed by atoms with Crippen LogP contribution in [-0.2, 0) is 16.3 Å². The van der Waals surface area contributed by atoms with Gasteiger partial charge in [0.1, 0.15) is 4.90 Å². The topological polar surface area (TPSA) is 77.3 Å². The summed E-state index contributed by atoms with van der Waals surface area (Å²) >= 11 is 3.50. The van der Waals surface area contributed by atoms with Crippen LogP contribution in [0.2, 0.25) is 0 Å². The van der Waals surface area contributed by atoms with E-state index in [1.54, 1.807) is 12.1 Å². The maximum atomic E-state index is 11.7. The average Bonchev–Trinajstić information content (AvgIpc) is 2.25. The number of nitro groups is 1. The zero-order chi connectivity index (χ0) is 15.5. The second-order valence-corrected chi connectivity index (χ2v) is 8.50. The van der Waals surface area contributed by atoms with Crippen LogP contribution >= 0.6 is 15.9 Å². The van der Waals surface area contributed by atoms with Crippen LogP contribution in [0.15, 0.2) is 23.1 Å². The van der Waals surface area contributed by atoms with Gasteiger partial charge in [-0.1, -0.05) is 41.9 Å². The van der Waals surface area contributed by atoms with Gasteiger partial charge in [-0.05, 0) is 24.8 Å². The predicted octanol–water partition coefficient (Wildman–Crippen LogP) is 3.35. The lowest BCUT2D eigenvalue weighted by atomic mass is 10.0. The van der Waals surface area contributed by atoms with E-state index in [9.17, 15) is 18.5 Å². The molecule has 0 spiro atoms. The van der Waals surface area contributed by atoms with E-state index in [2.05, 4.69) is 29.8 Å². The molecule has 5 nitrogen and oxygen atoms in total. The highest BCUT2D eigenvalue weighted by Gasteiger charge is 2.26. The van der Waals surface area contributed by atoms with Crippen molar-refractivity contribution in [2.45, 2.75) is 36.4 Å². The van der Waals surface area contributed by atoms with E-state index in [1.165, 1.54) is 6.07 Å². The van der Waals surface area contributed by atoms with E-state index in [-0.39, 0.29) is 15.4 Å². The minimum absolute atomic E-state index is 0.0796. The van der Waals surface area contributed by atoms with Crippen LogP contribution in [0, 0.1) is 16.0 Å². The first-order valence-electron chi connectivity index (χ1n) is 6.23. The summed E-state index contributed by atoms with van der Waals surface area (Å²) in [7, 11) is -3.62. The van der Waals surface area contributed by atoms with Crippen molar-refractivity contribution in [3.05, 3.63) is 33.9 Å². The number of halogens is 1. The summed E-state index contributed by atoms with van der Waals surface area (Å²) in [5, 5.41) is 11.2. The van der Waals surface area contributed by atoms with Gasteiger partial charge >= 0.3 is 0 Å². The minimum atomic E-state index is -3.62. The smallest absolute Gasteiger partial charge is 0.258 e. The van der Waals surface area contributed by atoms with Crippen molar-refractivity contribution in [2.24, 2.45) is 5.92 Å². The van der Waals surface area contributed by atoms with E-state index in [0.29, 0.717) is 17.9 Å². The zero-order valence-electron chi connectivity index (χ0n) is 11.7. The van der Waals surface area contributed by atoms with Crippen molar-refractivity contribution in [3.63, 3.8) is 0 Å². The molecule has 0 aromatic heterocycles. The monoisotopic (exact) mass is 363 g/mol. The summed E-state index contributed by atoms with van der Waals surface area (Å²) in [5.74, 6) is 0.455. The SMILES string of the molecule is CC(C)CC(Br)Cc1cccc(S(C)(=O)=O)c1[N+](=O)[O-]. The van der Waals surface area contributed by atoms with Gasteiger partial charge in [-0.25, -0.2) is 8.42 Å². The molecular formula is C13H18BrNO4S. The average molecular weight is 364 g/mol. The Morgan fingerprint density at radius 2 is 1.95 bits per heavy atom. The van der Waals surface area contributed by atoms with Crippen molar-refractivity contribution in [2.75, 3.05) is 6.26 Å². The van der Waals surface area contributed by atoms with E-state index in [4.69, 9.17) is 0 Å². The maximum absolute atomic E-state index is 11.7. The van der Waals surface area contributed by atoms with E-state index < -0.39 is 14.8 Å². The van der Waals surface area contributed by atoms with Crippen LogP contribution in [0.3, 0.4) is 0 Å². The third-order valence-electron chi connectivity index (χ3n) is 2.83. The number of nitro benzene ring substituents is 1. The highest BCUT2D eigenvalue weighted by atomic mass is 79.9. The van der Waals surface area contributed by atoms with Gasteiger partial charge in [-0.15, -0.1) is 0 Å². The third kappa shape index (κ3) is 4.56. The van der Waals surface area contributed by atoms with E-state index >= 15 is 0 Å². The Balaban J connectivity index is 3.24. The van der Waals surface area contributed by atoms with Crippen LogP contribution in [-0.4, -0.2) is 24.4 Å². The molecule has 1 aromatic rings. The van der Waals surface area contributed by atoms with Gasteiger partial charge in [0, 0.05) is 16.6 Å². The first kappa shape index (κ1) is 17.1. The molecule has 1 atom stereocenters. The Morgan fingerprint density at radius 3 is 2.40 bits per heavy atom. The molecule has 0 aliphatic rings. The molecule has 0 N–H and O–H groups in total. The fraction of sp³-hybridized carbons (Fsp3) is 0.538. The molecule has 0 amide bonds. The number of hydrogen-bond acceptors (Lipinski definition) is 4. The van der Waals surface area contributed by atoms with Crippen LogP contribution in [0.1, 0.15) is 25.8 Å². The van der Waals surface area contributed by atoms with Crippen LogP contribution < -0.4 is 0 Å². The predicted molar refractivity (Wildman–Crippen MR) is 82.1 cm³/mol. The van der Waals surface area contributed by atoms with Crippen LogP contribution in [0.5, 0.6) is 0 Å². The van der Waals surface area contributed by atoms with Gasteiger partial charge in [0.15, 0.2) is 9.84 Å². The van der Waals surface area contributed by atoms with Crippen LogP contribution in [0.4, 0.5) is 5.69 Å². The minimum Gasteiger partial charge on any atom is -0.258 e. The summed E-state index contributed by atoms with van der Waals surface area (Å²) in [6.07, 6.45) is 2.27. The standard InChI is InChI=1S/C13H18BrNO4S/c1-9(2)7-11(14)8-10-5-4-6-12(20(3,18)19)13(10)15(16)17/h4-6,9,11H,7-8H2,1-3H3. The van der Waals surface area contributed by atoms with Crippen molar-refractivity contribution >= 4 is 31.5 Å². The van der Waals surface area contributed by atoms with Crippen molar-refractivity contribution < 1.29 is 13.3 Å². The maximum Gasteiger partial charge on any atom is 0.291 e. The molecule has 0 saturated carbocycles. The number of para-hydroxylation sites is 1. The second-order valence-electron chi connectivity index (χ2n) is 5.22. The number of nitrogens with zero attached hydrogens (tertiary/aromatic N) is 1. The van der Waals surface area contributed by atoms with Gasteiger partial charge < -0.3 is 0 Å². The lowest BCUT2D eigenvalue weighted by Crippen LogP contribution is -2.11. The molecule has 7 heteroatoms. The molecule has 0 heterocycles. The number of hydrogen-bond donors (Lipinski definition) is 0. The highest BCUT2D eigenvalue weighted by Crippen LogP contribution is 2.30. The fourth-order valence-electron chi connectivity index (χ4n) is 2.07. The lowest BCUT2D eigenvalue weighted by Gasteiger charge is -2.13. The van der Waals surface area contributed by atoms with E-state index in [1.807, 2.05) is 0 Å². The molecule has 0 bridgehead atoms. The molecule has 1 rings (SSSR count). The quantitative estimate of drug-likeness (QED) is 0.441. The number of sulfone groups is 1. The molecule has 1 aromatic carbocycles. The van der Waals surface area contributed by atoms with Gasteiger partial charge in [0.2, 0.25) is 0 Å². The van der Waals surface area contributed by atoms with Crippen LogP contribution in [0.25, 0.3) is 0 Å². The zero-order valence-corrected chi connectivity index (χ0v) is 14.1. The largest absolute Gasteiger partial charge is 0.291 e. The summed E-state index contributed by atoms with van der Waals surface area (Å²) in [4.78, 5) is 10.5. The molecule has 0 aliphatic heterocycles. The first-order valence-corrected chi connectivity index (χ1v) is 9.04. The van der Waals surface area contributed by atoms with Gasteiger partial charge in [-0.3, -0.25) is 10.1 Å². The first-order chi connectivity index (χ1) is 9.12. The summed E-state index contributed by atoms with van der Waals surface area (Å²) < 4.78 is 23.3. The van der Waals surface area contributed by atoms with Gasteiger partial charge in [-0.2, -0.15) is 0 Å². The van der Waals surface area contributed by atoms with Crippen molar-refractivity contribution in [1.82, 2.24) is 0 Å². The van der Waals surface area contributed by atoms with E-state index in [0.717, 1.165) is 12.7 Å². The summed E-state index contributed by atoms with van der Waals surface area (Å²) in [6.45, 7) is 4.13. The molecular weight excluding hydrogens is 346 g/mol. The fourth-order valence-corrected chi connectivity index (χ4v) is 4.05.